The molecule has 0 aliphatic carbocycles. The number of hydrogen-bond donors (Lipinski definition) is 1. The van der Waals surface area contributed by atoms with E-state index in [-0.39, 0.29) is 11.7 Å². The summed E-state index contributed by atoms with van der Waals surface area (Å²) in [5.74, 6) is -2.85. The molecule has 1 unspecified atom stereocenters. The van der Waals surface area contributed by atoms with Gasteiger partial charge in [0.2, 0.25) is 0 Å². The Morgan fingerprint density at radius 2 is 1.80 bits per heavy atom. The molecule has 0 amide bonds. The van der Waals surface area contributed by atoms with Crippen molar-refractivity contribution in [2.24, 2.45) is 11.7 Å². The van der Waals surface area contributed by atoms with Crippen LogP contribution in [0.2, 0.25) is 0 Å². The molecule has 6 heteroatoms. The average Bonchev–Trinajstić information content (AvgIpc) is 2.81. The van der Waals surface area contributed by atoms with Crippen molar-refractivity contribution >= 4 is 0 Å². The van der Waals surface area contributed by atoms with Crippen molar-refractivity contribution in [3.8, 4) is 5.69 Å². The first-order valence-electron chi connectivity index (χ1n) is 6.33. The highest BCUT2D eigenvalue weighted by molar-refractivity contribution is 5.37. The van der Waals surface area contributed by atoms with Crippen LogP contribution in [0.4, 0.5) is 13.2 Å². The third kappa shape index (κ3) is 2.85. The zero-order chi connectivity index (χ0) is 14.9. The summed E-state index contributed by atoms with van der Waals surface area (Å²) in [5.41, 5.74) is 6.50. The lowest BCUT2D eigenvalue weighted by Gasteiger charge is -2.17. The van der Waals surface area contributed by atoms with Crippen molar-refractivity contribution < 1.29 is 13.2 Å². The van der Waals surface area contributed by atoms with Gasteiger partial charge in [0.25, 0.3) is 0 Å². The standard InChI is InChI=1S/C14H16F3N3/c1-8(2)3-12(18)14-6-19-7-20(14)13-5-10(16)9(15)4-11(13)17/h4-8,12H,3,18H2,1-2H3. The Hall–Kier alpha value is -1.82. The first kappa shape index (κ1) is 14.6. The van der Waals surface area contributed by atoms with E-state index in [1.165, 1.54) is 17.1 Å². The highest BCUT2D eigenvalue weighted by atomic mass is 19.2. The molecule has 1 aromatic carbocycles. The maximum Gasteiger partial charge on any atom is 0.161 e. The zero-order valence-electron chi connectivity index (χ0n) is 11.3. The number of halogens is 3. The van der Waals surface area contributed by atoms with Crippen LogP contribution in [0.5, 0.6) is 0 Å². The minimum atomic E-state index is -1.22. The smallest absolute Gasteiger partial charge is 0.161 e. The summed E-state index contributed by atoms with van der Waals surface area (Å²) in [6.07, 6.45) is 3.52. The van der Waals surface area contributed by atoms with Gasteiger partial charge in [0.1, 0.15) is 5.82 Å². The minimum absolute atomic E-state index is 0.101. The summed E-state index contributed by atoms with van der Waals surface area (Å²) in [4.78, 5) is 3.92. The molecule has 20 heavy (non-hydrogen) atoms. The van der Waals surface area contributed by atoms with Crippen LogP contribution >= 0.6 is 0 Å². The summed E-state index contributed by atoms with van der Waals surface area (Å²) in [6.45, 7) is 4.03. The van der Waals surface area contributed by atoms with Crippen LogP contribution < -0.4 is 5.73 Å². The molecule has 3 nitrogen and oxygen atoms in total. The Morgan fingerprint density at radius 3 is 2.45 bits per heavy atom. The van der Waals surface area contributed by atoms with E-state index in [4.69, 9.17) is 5.73 Å². The van der Waals surface area contributed by atoms with Crippen molar-refractivity contribution in [2.75, 3.05) is 0 Å². The predicted octanol–water partition coefficient (Wildman–Crippen LogP) is 3.34. The average molecular weight is 283 g/mol. The maximum absolute atomic E-state index is 13.8. The topological polar surface area (TPSA) is 43.8 Å². The fraction of sp³-hybridized carbons (Fsp3) is 0.357. The molecule has 2 aromatic rings. The van der Waals surface area contributed by atoms with Crippen LogP contribution in [0.3, 0.4) is 0 Å². The third-order valence-corrected chi connectivity index (χ3v) is 3.02. The van der Waals surface area contributed by atoms with Gasteiger partial charge in [-0.25, -0.2) is 18.2 Å². The van der Waals surface area contributed by atoms with Crippen LogP contribution in [-0.2, 0) is 0 Å². The van der Waals surface area contributed by atoms with Crippen molar-refractivity contribution in [3.05, 3.63) is 47.8 Å². The lowest BCUT2D eigenvalue weighted by Crippen LogP contribution is -2.17. The second-order valence-corrected chi connectivity index (χ2v) is 5.14. The number of benzene rings is 1. The molecule has 0 bridgehead atoms. The maximum atomic E-state index is 13.8. The Labute approximate surface area is 115 Å². The van der Waals surface area contributed by atoms with Crippen LogP contribution in [0, 0.1) is 23.4 Å². The van der Waals surface area contributed by atoms with Gasteiger partial charge < -0.3 is 5.73 Å². The van der Waals surface area contributed by atoms with Gasteiger partial charge in [-0.3, -0.25) is 4.57 Å². The van der Waals surface area contributed by atoms with E-state index in [1.807, 2.05) is 13.8 Å². The number of imidazole rings is 1. The van der Waals surface area contributed by atoms with Gasteiger partial charge >= 0.3 is 0 Å². The molecule has 0 aliphatic rings. The normalized spacial score (nSPS) is 12.9. The number of rotatable bonds is 4. The molecule has 0 aliphatic heterocycles. The lowest BCUT2D eigenvalue weighted by molar-refractivity contribution is 0.485. The second kappa shape index (κ2) is 5.66. The van der Waals surface area contributed by atoms with Crippen molar-refractivity contribution in [3.63, 3.8) is 0 Å². The molecular formula is C14H16F3N3. The predicted molar refractivity (Wildman–Crippen MR) is 69.8 cm³/mol. The van der Waals surface area contributed by atoms with E-state index in [1.54, 1.807) is 0 Å². The van der Waals surface area contributed by atoms with Crippen LogP contribution in [0.1, 0.15) is 32.0 Å². The zero-order valence-corrected chi connectivity index (χ0v) is 11.3. The minimum Gasteiger partial charge on any atom is -0.323 e. The summed E-state index contributed by atoms with van der Waals surface area (Å²) >= 11 is 0. The summed E-state index contributed by atoms with van der Waals surface area (Å²) in [5, 5.41) is 0. The van der Waals surface area contributed by atoms with E-state index >= 15 is 0 Å². The number of hydrogen-bond acceptors (Lipinski definition) is 2. The van der Waals surface area contributed by atoms with Gasteiger partial charge in [-0.2, -0.15) is 0 Å². The Balaban J connectivity index is 2.44. The van der Waals surface area contributed by atoms with E-state index < -0.39 is 17.5 Å². The number of aromatic nitrogens is 2. The first-order valence-corrected chi connectivity index (χ1v) is 6.33. The molecule has 0 radical (unpaired) electrons. The largest absolute Gasteiger partial charge is 0.323 e. The molecule has 0 fully saturated rings. The Morgan fingerprint density at radius 1 is 1.15 bits per heavy atom. The van der Waals surface area contributed by atoms with Crippen LogP contribution in [0.15, 0.2) is 24.7 Å². The quantitative estimate of drug-likeness (QED) is 0.875. The summed E-state index contributed by atoms with van der Waals surface area (Å²) in [6, 6.07) is 0.963. The van der Waals surface area contributed by atoms with Crippen LogP contribution in [-0.4, -0.2) is 9.55 Å². The second-order valence-electron chi connectivity index (χ2n) is 5.14. The van der Waals surface area contributed by atoms with E-state index in [2.05, 4.69) is 4.98 Å². The van der Waals surface area contributed by atoms with Gasteiger partial charge in [0, 0.05) is 18.2 Å². The summed E-state index contributed by atoms with van der Waals surface area (Å²) < 4.78 is 41.4. The summed E-state index contributed by atoms with van der Waals surface area (Å²) in [7, 11) is 0. The highest BCUT2D eigenvalue weighted by Crippen LogP contribution is 2.24. The van der Waals surface area contributed by atoms with Gasteiger partial charge in [-0.1, -0.05) is 13.8 Å². The van der Waals surface area contributed by atoms with Gasteiger partial charge in [0.15, 0.2) is 11.6 Å². The van der Waals surface area contributed by atoms with Crippen LogP contribution in [0.25, 0.3) is 5.69 Å². The molecule has 1 heterocycles. The van der Waals surface area contributed by atoms with Gasteiger partial charge in [0.05, 0.1) is 23.9 Å². The molecule has 1 atom stereocenters. The fourth-order valence-corrected chi connectivity index (χ4v) is 2.11. The SMILES string of the molecule is CC(C)CC(N)c1cncn1-c1cc(F)c(F)cc1F. The van der Waals surface area contributed by atoms with Crippen molar-refractivity contribution in [1.29, 1.82) is 0 Å². The first-order chi connectivity index (χ1) is 9.40. The number of nitrogens with two attached hydrogens (primary N) is 1. The molecule has 1 aromatic heterocycles. The molecule has 0 saturated carbocycles. The van der Waals surface area contributed by atoms with Crippen molar-refractivity contribution in [1.82, 2.24) is 9.55 Å². The highest BCUT2D eigenvalue weighted by Gasteiger charge is 2.18. The number of nitrogens with zero attached hydrogens (tertiary/aromatic N) is 2. The molecule has 0 spiro atoms. The van der Waals surface area contributed by atoms with Gasteiger partial charge in [-0.05, 0) is 12.3 Å². The lowest BCUT2D eigenvalue weighted by atomic mass is 10.0. The Bertz CT molecular complexity index is 608. The molecule has 0 saturated heterocycles. The third-order valence-electron chi connectivity index (χ3n) is 3.02. The fourth-order valence-electron chi connectivity index (χ4n) is 2.11. The molecule has 108 valence electrons. The van der Waals surface area contributed by atoms with E-state index in [0.717, 1.165) is 6.07 Å². The Kier molecular flexibility index (Phi) is 4.13. The molecule has 2 rings (SSSR count). The monoisotopic (exact) mass is 283 g/mol. The van der Waals surface area contributed by atoms with Gasteiger partial charge in [-0.15, -0.1) is 0 Å². The van der Waals surface area contributed by atoms with Crippen molar-refractivity contribution in [2.45, 2.75) is 26.3 Å². The van der Waals surface area contributed by atoms with E-state index in [0.29, 0.717) is 24.1 Å². The molecule has 2 N–H and O–H groups in total. The molecular weight excluding hydrogens is 267 g/mol. The van der Waals surface area contributed by atoms with E-state index in [9.17, 15) is 13.2 Å².